The molecule has 0 aromatic rings. The molecule has 0 aromatic heterocycles. The van der Waals surface area contributed by atoms with Crippen LogP contribution in [0.25, 0.3) is 0 Å². The monoisotopic (exact) mass is 228 g/mol. The van der Waals surface area contributed by atoms with Crippen molar-refractivity contribution in [3.8, 4) is 0 Å². The lowest BCUT2D eigenvalue weighted by atomic mass is 10.0. The van der Waals surface area contributed by atoms with E-state index in [1.54, 1.807) is 24.3 Å². The van der Waals surface area contributed by atoms with E-state index in [0.717, 1.165) is 0 Å². The number of ketones is 1. The molecule has 0 aliphatic heterocycles. The van der Waals surface area contributed by atoms with Gasteiger partial charge in [-0.05, 0) is 20.8 Å². The number of rotatable bonds is 6. The van der Waals surface area contributed by atoms with Crippen LogP contribution in [-0.4, -0.2) is 5.78 Å². The molecule has 0 amide bonds. The number of Topliss-reactive ketones (excluding diaryl/α,β-unsaturated/α-hetero) is 1. The standard InChI is InChI=1S/C16H20O/c1-5-9-12-14(8-4)16(17)15(11-7-3)13-10-6-2/h5-13H,1H2,2-4H3/b10-6-,11-7-,12-9-,14-8+,15-13+. The number of hydrogen-bond acceptors (Lipinski definition) is 1. The number of carbonyl (C=O) groups is 1. The van der Waals surface area contributed by atoms with Crippen LogP contribution in [0.1, 0.15) is 20.8 Å². The maximum atomic E-state index is 12.2. The molecule has 0 aromatic carbocycles. The topological polar surface area (TPSA) is 17.1 Å². The van der Waals surface area contributed by atoms with Crippen LogP contribution >= 0.6 is 0 Å². The first-order valence-corrected chi connectivity index (χ1v) is 5.67. The van der Waals surface area contributed by atoms with Crippen molar-refractivity contribution >= 4 is 5.78 Å². The average molecular weight is 228 g/mol. The Hall–Kier alpha value is -1.89. The van der Waals surface area contributed by atoms with Gasteiger partial charge in [0.05, 0.1) is 0 Å². The predicted octanol–water partition coefficient (Wildman–Crippen LogP) is 4.32. The van der Waals surface area contributed by atoms with Crippen LogP contribution in [0.3, 0.4) is 0 Å². The summed E-state index contributed by atoms with van der Waals surface area (Å²) < 4.78 is 0. The van der Waals surface area contributed by atoms with E-state index >= 15 is 0 Å². The molecule has 0 rings (SSSR count). The third-order valence-corrected chi connectivity index (χ3v) is 2.06. The van der Waals surface area contributed by atoms with Crippen molar-refractivity contribution < 1.29 is 4.79 Å². The minimum Gasteiger partial charge on any atom is -0.289 e. The Morgan fingerprint density at radius 1 is 0.941 bits per heavy atom. The van der Waals surface area contributed by atoms with E-state index in [-0.39, 0.29) is 5.78 Å². The molecule has 0 N–H and O–H groups in total. The number of allylic oxidation sites excluding steroid dienone is 11. The number of hydrogen-bond donors (Lipinski definition) is 0. The van der Waals surface area contributed by atoms with E-state index in [2.05, 4.69) is 6.58 Å². The van der Waals surface area contributed by atoms with E-state index in [1.807, 2.05) is 51.2 Å². The van der Waals surface area contributed by atoms with Crippen LogP contribution in [0.15, 0.2) is 72.4 Å². The lowest BCUT2D eigenvalue weighted by molar-refractivity contribution is -0.111. The largest absolute Gasteiger partial charge is 0.289 e. The lowest BCUT2D eigenvalue weighted by Gasteiger charge is -2.01. The molecule has 17 heavy (non-hydrogen) atoms. The Bertz CT molecular complexity index is 401. The zero-order chi connectivity index (χ0) is 13.1. The smallest absolute Gasteiger partial charge is 0.192 e. The molecule has 90 valence electrons. The van der Waals surface area contributed by atoms with Crippen molar-refractivity contribution in [1.29, 1.82) is 0 Å². The van der Waals surface area contributed by atoms with Gasteiger partial charge in [0.1, 0.15) is 0 Å². The first kappa shape index (κ1) is 15.1. The normalized spacial score (nSPS) is 14.1. The Morgan fingerprint density at radius 2 is 1.65 bits per heavy atom. The van der Waals surface area contributed by atoms with Gasteiger partial charge in [-0.25, -0.2) is 0 Å². The molecular formula is C16H20O. The highest BCUT2D eigenvalue weighted by atomic mass is 16.1. The maximum Gasteiger partial charge on any atom is 0.192 e. The van der Waals surface area contributed by atoms with Crippen LogP contribution in [0.2, 0.25) is 0 Å². The van der Waals surface area contributed by atoms with E-state index in [9.17, 15) is 4.79 Å². The van der Waals surface area contributed by atoms with E-state index in [1.165, 1.54) is 0 Å². The summed E-state index contributed by atoms with van der Waals surface area (Å²) in [5, 5.41) is 0. The summed E-state index contributed by atoms with van der Waals surface area (Å²) in [7, 11) is 0. The minimum absolute atomic E-state index is 0.0156. The highest BCUT2D eigenvalue weighted by Gasteiger charge is 2.08. The molecule has 0 unspecified atom stereocenters. The van der Waals surface area contributed by atoms with Gasteiger partial charge in [-0.2, -0.15) is 0 Å². The van der Waals surface area contributed by atoms with Gasteiger partial charge >= 0.3 is 0 Å². The summed E-state index contributed by atoms with van der Waals surface area (Å²) in [5.41, 5.74) is 1.34. The Labute approximate surface area is 104 Å². The van der Waals surface area contributed by atoms with Gasteiger partial charge in [0.25, 0.3) is 0 Å². The molecule has 0 spiro atoms. The molecule has 0 heterocycles. The minimum atomic E-state index is 0.0156. The molecular weight excluding hydrogens is 208 g/mol. The Kier molecular flexibility index (Phi) is 8.31. The second-order valence-corrected chi connectivity index (χ2v) is 3.32. The summed E-state index contributed by atoms with van der Waals surface area (Å²) in [5.74, 6) is 0.0156. The quantitative estimate of drug-likeness (QED) is 0.488. The molecule has 0 bridgehead atoms. The van der Waals surface area contributed by atoms with Crippen molar-refractivity contribution in [2.24, 2.45) is 0 Å². The molecule has 1 heteroatoms. The Balaban J connectivity index is 5.20. The van der Waals surface area contributed by atoms with Crippen molar-refractivity contribution in [2.75, 3.05) is 0 Å². The summed E-state index contributed by atoms with van der Waals surface area (Å²) in [6, 6.07) is 0. The van der Waals surface area contributed by atoms with Gasteiger partial charge in [-0.15, -0.1) is 0 Å². The van der Waals surface area contributed by atoms with Gasteiger partial charge < -0.3 is 0 Å². The van der Waals surface area contributed by atoms with E-state index in [0.29, 0.717) is 11.1 Å². The SMILES string of the molecule is C=C/C=C\C(=C/C)C(=O)C(/C=C\C)=C/C=C\C. The predicted molar refractivity (Wildman–Crippen MR) is 75.8 cm³/mol. The molecule has 0 saturated carbocycles. The van der Waals surface area contributed by atoms with Crippen LogP contribution in [-0.2, 0) is 4.79 Å². The molecule has 0 saturated heterocycles. The van der Waals surface area contributed by atoms with Crippen molar-refractivity contribution in [1.82, 2.24) is 0 Å². The first-order chi connectivity index (χ1) is 8.21. The molecule has 0 aliphatic carbocycles. The van der Waals surface area contributed by atoms with Gasteiger partial charge in [-0.1, -0.05) is 61.3 Å². The van der Waals surface area contributed by atoms with Gasteiger partial charge in [0.15, 0.2) is 5.78 Å². The second-order valence-electron chi connectivity index (χ2n) is 3.32. The van der Waals surface area contributed by atoms with Crippen molar-refractivity contribution in [2.45, 2.75) is 20.8 Å². The van der Waals surface area contributed by atoms with E-state index in [4.69, 9.17) is 0 Å². The fourth-order valence-electron chi connectivity index (χ4n) is 1.23. The van der Waals surface area contributed by atoms with Gasteiger partial charge in [0, 0.05) is 11.1 Å². The lowest BCUT2D eigenvalue weighted by Crippen LogP contribution is -2.02. The summed E-state index contributed by atoms with van der Waals surface area (Å²) in [6.07, 6.45) is 16.2. The molecule has 1 nitrogen and oxygen atoms in total. The third kappa shape index (κ3) is 5.67. The average Bonchev–Trinajstić information content (AvgIpc) is 2.35. The fourth-order valence-corrected chi connectivity index (χ4v) is 1.23. The van der Waals surface area contributed by atoms with Crippen molar-refractivity contribution in [3.05, 3.63) is 72.4 Å². The molecule has 0 radical (unpaired) electrons. The van der Waals surface area contributed by atoms with Crippen LogP contribution in [0.4, 0.5) is 0 Å². The molecule has 0 aliphatic rings. The first-order valence-electron chi connectivity index (χ1n) is 5.67. The summed E-state index contributed by atoms with van der Waals surface area (Å²) in [6.45, 7) is 9.26. The van der Waals surface area contributed by atoms with Crippen molar-refractivity contribution in [3.63, 3.8) is 0 Å². The maximum absolute atomic E-state index is 12.2. The zero-order valence-electron chi connectivity index (χ0n) is 10.8. The molecule has 0 fully saturated rings. The van der Waals surface area contributed by atoms with Crippen LogP contribution in [0, 0.1) is 0 Å². The third-order valence-electron chi connectivity index (χ3n) is 2.06. The van der Waals surface area contributed by atoms with Gasteiger partial charge in [-0.3, -0.25) is 4.79 Å². The highest BCUT2D eigenvalue weighted by molar-refractivity contribution is 6.11. The second kappa shape index (κ2) is 9.34. The zero-order valence-corrected chi connectivity index (χ0v) is 10.8. The summed E-state index contributed by atoms with van der Waals surface area (Å²) >= 11 is 0. The summed E-state index contributed by atoms with van der Waals surface area (Å²) in [4.78, 5) is 12.2. The Morgan fingerprint density at radius 3 is 2.12 bits per heavy atom. The number of carbonyl (C=O) groups excluding carboxylic acids is 1. The fraction of sp³-hybridized carbons (Fsp3) is 0.188. The highest BCUT2D eigenvalue weighted by Crippen LogP contribution is 2.10. The van der Waals surface area contributed by atoms with E-state index < -0.39 is 0 Å². The van der Waals surface area contributed by atoms with Crippen LogP contribution in [0.5, 0.6) is 0 Å². The van der Waals surface area contributed by atoms with Crippen LogP contribution < -0.4 is 0 Å². The van der Waals surface area contributed by atoms with Gasteiger partial charge in [0.2, 0.25) is 0 Å². The molecule has 0 atom stereocenters.